The van der Waals surface area contributed by atoms with Crippen molar-refractivity contribution in [2.75, 3.05) is 5.75 Å². The second kappa shape index (κ2) is 5.72. The summed E-state index contributed by atoms with van der Waals surface area (Å²) in [6, 6.07) is 3.20. The summed E-state index contributed by atoms with van der Waals surface area (Å²) in [5, 5.41) is 19.4. The Kier molecular flexibility index (Phi) is 4.16. The second-order valence-corrected chi connectivity index (χ2v) is 5.00. The number of aromatic nitrogens is 4. The second-order valence-electron chi connectivity index (χ2n) is 4.05. The van der Waals surface area contributed by atoms with Crippen LogP contribution in [0, 0.1) is 6.92 Å². The Hall–Kier alpha value is -2.10. The van der Waals surface area contributed by atoms with Crippen LogP contribution in [0.4, 0.5) is 13.2 Å². The van der Waals surface area contributed by atoms with Gasteiger partial charge in [-0.05, 0) is 35.0 Å². The summed E-state index contributed by atoms with van der Waals surface area (Å²) in [4.78, 5) is 10.5. The minimum atomic E-state index is -4.48. The van der Waals surface area contributed by atoms with Crippen molar-refractivity contribution in [1.29, 1.82) is 0 Å². The Morgan fingerprint density at radius 2 is 2.14 bits per heavy atom. The number of hydrogen-bond acceptors (Lipinski definition) is 5. The summed E-state index contributed by atoms with van der Waals surface area (Å²) in [7, 11) is 0. The number of benzene rings is 1. The van der Waals surface area contributed by atoms with Crippen LogP contribution in [-0.2, 0) is 11.0 Å². The Labute approximate surface area is 121 Å². The van der Waals surface area contributed by atoms with Crippen LogP contribution in [0.2, 0.25) is 0 Å². The van der Waals surface area contributed by atoms with Crippen molar-refractivity contribution in [2.24, 2.45) is 0 Å². The topological polar surface area (TPSA) is 80.9 Å². The largest absolute Gasteiger partial charge is 0.481 e. The summed E-state index contributed by atoms with van der Waals surface area (Å²) in [5.74, 6) is -1.37. The Morgan fingerprint density at radius 1 is 1.43 bits per heavy atom. The smallest absolute Gasteiger partial charge is 0.416 e. The maximum atomic E-state index is 12.8. The van der Waals surface area contributed by atoms with Gasteiger partial charge >= 0.3 is 12.1 Å². The molecule has 1 aromatic carbocycles. The molecule has 10 heteroatoms. The van der Waals surface area contributed by atoms with Gasteiger partial charge in [0.2, 0.25) is 5.16 Å². The third kappa shape index (κ3) is 3.51. The fraction of sp³-hybridized carbons (Fsp3) is 0.273. The van der Waals surface area contributed by atoms with Crippen LogP contribution < -0.4 is 0 Å². The van der Waals surface area contributed by atoms with E-state index < -0.39 is 17.7 Å². The Morgan fingerprint density at radius 3 is 2.76 bits per heavy atom. The van der Waals surface area contributed by atoms with Gasteiger partial charge in [-0.3, -0.25) is 4.79 Å². The number of tetrazole rings is 1. The van der Waals surface area contributed by atoms with Crippen molar-refractivity contribution in [3.63, 3.8) is 0 Å². The minimum absolute atomic E-state index is 0.111. The summed E-state index contributed by atoms with van der Waals surface area (Å²) in [5.41, 5.74) is -0.136. The molecule has 0 aliphatic heterocycles. The molecule has 0 radical (unpaired) electrons. The van der Waals surface area contributed by atoms with Crippen molar-refractivity contribution in [3.8, 4) is 5.69 Å². The number of carboxylic acid groups (broad SMARTS) is 1. The Bertz CT molecular complexity index is 672. The summed E-state index contributed by atoms with van der Waals surface area (Å²) in [6.45, 7) is 1.61. The zero-order chi connectivity index (χ0) is 15.6. The number of aryl methyl sites for hydroxylation is 1. The van der Waals surface area contributed by atoms with Crippen LogP contribution >= 0.6 is 11.8 Å². The molecule has 1 aromatic heterocycles. The number of nitrogens with zero attached hydrogens (tertiary/aromatic N) is 4. The summed E-state index contributed by atoms with van der Waals surface area (Å²) in [6.07, 6.45) is -4.48. The van der Waals surface area contributed by atoms with E-state index >= 15 is 0 Å². The molecule has 2 aromatic rings. The van der Waals surface area contributed by atoms with Gasteiger partial charge in [0.25, 0.3) is 0 Å². The summed E-state index contributed by atoms with van der Waals surface area (Å²) < 4.78 is 39.4. The van der Waals surface area contributed by atoms with E-state index in [9.17, 15) is 18.0 Å². The highest BCUT2D eigenvalue weighted by atomic mass is 32.2. The molecule has 0 aliphatic carbocycles. The number of alkyl halides is 3. The lowest BCUT2D eigenvalue weighted by Crippen LogP contribution is -2.09. The molecule has 1 N–H and O–H groups in total. The van der Waals surface area contributed by atoms with E-state index in [0.717, 1.165) is 28.6 Å². The van der Waals surface area contributed by atoms with E-state index in [2.05, 4.69) is 15.5 Å². The molecule has 0 amide bonds. The molecule has 1 heterocycles. The zero-order valence-corrected chi connectivity index (χ0v) is 11.4. The van der Waals surface area contributed by atoms with Crippen LogP contribution in [0.5, 0.6) is 0 Å². The van der Waals surface area contributed by atoms with Gasteiger partial charge < -0.3 is 5.11 Å². The molecule has 6 nitrogen and oxygen atoms in total. The van der Waals surface area contributed by atoms with E-state index in [1.54, 1.807) is 6.92 Å². The van der Waals surface area contributed by atoms with Gasteiger partial charge in [0.1, 0.15) is 0 Å². The fourth-order valence-electron chi connectivity index (χ4n) is 1.56. The first kappa shape index (κ1) is 15.3. The zero-order valence-electron chi connectivity index (χ0n) is 10.6. The molecule has 0 unspecified atom stereocenters. The van der Waals surface area contributed by atoms with E-state index in [1.807, 2.05) is 0 Å². The minimum Gasteiger partial charge on any atom is -0.481 e. The third-order valence-electron chi connectivity index (χ3n) is 2.53. The number of thioether (sulfide) groups is 1. The molecular weight excluding hydrogens is 309 g/mol. The van der Waals surface area contributed by atoms with Crippen molar-refractivity contribution in [1.82, 2.24) is 20.2 Å². The lowest BCUT2D eigenvalue weighted by Gasteiger charge is -2.11. The average molecular weight is 318 g/mol. The van der Waals surface area contributed by atoms with Gasteiger partial charge in [0, 0.05) is 0 Å². The molecule has 0 saturated carbocycles. The van der Waals surface area contributed by atoms with Gasteiger partial charge in [0.05, 0.1) is 17.0 Å². The number of carbonyl (C=O) groups is 1. The van der Waals surface area contributed by atoms with E-state index in [-0.39, 0.29) is 16.6 Å². The lowest BCUT2D eigenvalue weighted by molar-refractivity contribution is -0.137. The van der Waals surface area contributed by atoms with Crippen LogP contribution in [0.1, 0.15) is 11.1 Å². The van der Waals surface area contributed by atoms with Crippen molar-refractivity contribution in [2.45, 2.75) is 18.3 Å². The Balaban J connectivity index is 2.42. The number of halogens is 3. The standard InChI is InChI=1S/C11H9F3N4O2S/c1-6-2-3-7(11(12,13)14)4-8(6)18-10(15-16-17-18)21-5-9(19)20/h2-4H,5H2,1H3,(H,19,20). The third-order valence-corrected chi connectivity index (χ3v) is 3.43. The number of carboxylic acids is 1. The highest BCUT2D eigenvalue weighted by Gasteiger charge is 2.31. The van der Waals surface area contributed by atoms with Crippen LogP contribution in [0.3, 0.4) is 0 Å². The molecule has 0 atom stereocenters. The van der Waals surface area contributed by atoms with Crippen LogP contribution in [0.25, 0.3) is 5.69 Å². The van der Waals surface area contributed by atoms with Gasteiger partial charge in [-0.25, -0.2) is 0 Å². The van der Waals surface area contributed by atoms with Crippen molar-refractivity contribution in [3.05, 3.63) is 29.3 Å². The normalized spacial score (nSPS) is 11.6. The average Bonchev–Trinajstić information content (AvgIpc) is 2.83. The highest BCUT2D eigenvalue weighted by Crippen LogP contribution is 2.32. The van der Waals surface area contributed by atoms with Crippen LogP contribution in [0.15, 0.2) is 23.4 Å². The predicted molar refractivity (Wildman–Crippen MR) is 67.3 cm³/mol. The van der Waals surface area contributed by atoms with E-state index in [1.165, 1.54) is 6.07 Å². The first-order valence-electron chi connectivity index (χ1n) is 5.60. The number of hydrogen-bond donors (Lipinski definition) is 1. The maximum absolute atomic E-state index is 12.8. The molecule has 0 bridgehead atoms. The first-order chi connectivity index (χ1) is 9.79. The molecule has 21 heavy (non-hydrogen) atoms. The van der Waals surface area contributed by atoms with Gasteiger partial charge in [0.15, 0.2) is 0 Å². The fourth-order valence-corrected chi connectivity index (χ4v) is 2.16. The molecule has 0 aliphatic rings. The quantitative estimate of drug-likeness (QED) is 0.870. The van der Waals surface area contributed by atoms with Crippen molar-refractivity contribution < 1.29 is 23.1 Å². The maximum Gasteiger partial charge on any atom is 0.416 e. The van der Waals surface area contributed by atoms with E-state index in [4.69, 9.17) is 5.11 Å². The number of aliphatic carboxylic acids is 1. The monoisotopic (exact) mass is 318 g/mol. The first-order valence-corrected chi connectivity index (χ1v) is 6.59. The van der Waals surface area contributed by atoms with Gasteiger partial charge in [-0.15, -0.1) is 5.10 Å². The van der Waals surface area contributed by atoms with Crippen molar-refractivity contribution >= 4 is 17.7 Å². The van der Waals surface area contributed by atoms with Crippen LogP contribution in [-0.4, -0.2) is 37.0 Å². The SMILES string of the molecule is Cc1ccc(C(F)(F)F)cc1-n1nnnc1SCC(=O)O. The van der Waals surface area contributed by atoms with E-state index in [0.29, 0.717) is 5.56 Å². The highest BCUT2D eigenvalue weighted by molar-refractivity contribution is 7.99. The molecular formula is C11H9F3N4O2S. The predicted octanol–water partition coefficient (Wildman–Crippen LogP) is 2.17. The summed E-state index contributed by atoms with van der Waals surface area (Å²) >= 11 is 0.825. The molecule has 0 spiro atoms. The molecule has 0 fully saturated rings. The number of rotatable bonds is 4. The van der Waals surface area contributed by atoms with Gasteiger partial charge in [-0.2, -0.15) is 17.9 Å². The molecule has 0 saturated heterocycles. The molecule has 112 valence electrons. The lowest BCUT2D eigenvalue weighted by atomic mass is 10.1. The van der Waals surface area contributed by atoms with Gasteiger partial charge in [-0.1, -0.05) is 17.8 Å². The molecule has 2 rings (SSSR count).